The lowest BCUT2D eigenvalue weighted by Crippen LogP contribution is -2.25. The number of furan rings is 1. The molecule has 1 atom stereocenters. The monoisotopic (exact) mass is 288 g/mol. The van der Waals surface area contributed by atoms with Crippen LogP contribution in [0.3, 0.4) is 0 Å². The topological polar surface area (TPSA) is 33.4 Å². The van der Waals surface area contributed by atoms with Gasteiger partial charge in [-0.15, -0.1) is 0 Å². The summed E-state index contributed by atoms with van der Waals surface area (Å²) in [5.74, 6) is -0.728. The highest BCUT2D eigenvalue weighted by Gasteiger charge is 2.34. The maximum atomic E-state index is 13.7. The Bertz CT molecular complexity index is 794. The number of hydrogen-bond donors (Lipinski definition) is 1. The van der Waals surface area contributed by atoms with Crippen LogP contribution in [0.15, 0.2) is 52.9 Å². The Morgan fingerprint density at radius 3 is 2.52 bits per heavy atom. The first-order valence-corrected chi connectivity index (χ1v) is 6.71. The fraction of sp³-hybridized carbons (Fsp3) is 0.176. The summed E-state index contributed by atoms with van der Waals surface area (Å²) in [6, 6.07) is 11.9. The summed E-state index contributed by atoms with van der Waals surface area (Å²) in [4.78, 5) is 0. The van der Waals surface area contributed by atoms with Crippen LogP contribution in [0.5, 0.6) is 0 Å². The van der Waals surface area contributed by atoms with Crippen molar-refractivity contribution >= 4 is 11.0 Å². The molecule has 3 aromatic rings. The lowest BCUT2D eigenvalue weighted by Gasteiger charge is -2.25. The molecule has 3 rings (SSSR count). The predicted octanol–water partition coefficient (Wildman–Crippen LogP) is 4.36. The van der Waals surface area contributed by atoms with Crippen LogP contribution in [-0.2, 0) is 5.60 Å². The van der Waals surface area contributed by atoms with E-state index in [1.54, 1.807) is 31.2 Å². The Hall–Kier alpha value is -2.20. The highest BCUT2D eigenvalue weighted by molar-refractivity contribution is 5.78. The molecule has 0 saturated heterocycles. The molecule has 0 saturated carbocycles. The first kappa shape index (κ1) is 13.8. The highest BCUT2D eigenvalue weighted by atomic mass is 19.1. The first-order chi connectivity index (χ1) is 10.0. The molecule has 0 radical (unpaired) electrons. The van der Waals surface area contributed by atoms with Crippen LogP contribution in [0.1, 0.15) is 24.7 Å². The maximum absolute atomic E-state index is 13.7. The van der Waals surface area contributed by atoms with Gasteiger partial charge in [0.2, 0.25) is 0 Å². The van der Waals surface area contributed by atoms with Gasteiger partial charge in [-0.3, -0.25) is 0 Å². The van der Waals surface area contributed by atoms with E-state index < -0.39 is 17.2 Å². The molecule has 1 unspecified atom stereocenters. The lowest BCUT2D eigenvalue weighted by molar-refractivity contribution is 0.0539. The molecular weight excluding hydrogens is 274 g/mol. The van der Waals surface area contributed by atoms with Crippen LogP contribution in [-0.4, -0.2) is 5.11 Å². The molecule has 0 aliphatic heterocycles. The van der Waals surface area contributed by atoms with Crippen molar-refractivity contribution in [2.45, 2.75) is 18.9 Å². The van der Waals surface area contributed by atoms with E-state index in [0.29, 0.717) is 10.9 Å². The Kier molecular flexibility index (Phi) is 3.26. The van der Waals surface area contributed by atoms with Gasteiger partial charge < -0.3 is 9.52 Å². The van der Waals surface area contributed by atoms with E-state index in [0.717, 1.165) is 0 Å². The smallest absolute Gasteiger partial charge is 0.170 e. The van der Waals surface area contributed by atoms with Crippen molar-refractivity contribution in [3.63, 3.8) is 0 Å². The predicted molar refractivity (Wildman–Crippen MR) is 75.9 cm³/mol. The third-order valence-electron chi connectivity index (χ3n) is 3.72. The zero-order valence-corrected chi connectivity index (χ0v) is 11.4. The lowest BCUT2D eigenvalue weighted by atomic mass is 9.88. The second-order valence-corrected chi connectivity index (χ2v) is 4.99. The zero-order chi connectivity index (χ0) is 15.0. The molecule has 0 fully saturated rings. The van der Waals surface area contributed by atoms with Crippen LogP contribution in [0.4, 0.5) is 8.78 Å². The normalized spacial score (nSPS) is 14.3. The Labute approximate surface area is 120 Å². The molecule has 2 aromatic carbocycles. The minimum Gasteiger partial charge on any atom is -0.455 e. The molecule has 0 amide bonds. The number of hydrogen-bond acceptors (Lipinski definition) is 2. The molecule has 1 N–H and O–H groups in total. The zero-order valence-electron chi connectivity index (χ0n) is 11.4. The Morgan fingerprint density at radius 2 is 1.86 bits per heavy atom. The third-order valence-corrected chi connectivity index (χ3v) is 3.72. The van der Waals surface area contributed by atoms with Crippen LogP contribution in [0.25, 0.3) is 11.0 Å². The highest BCUT2D eigenvalue weighted by Crippen LogP contribution is 2.36. The van der Waals surface area contributed by atoms with Crippen molar-refractivity contribution in [3.8, 4) is 0 Å². The summed E-state index contributed by atoms with van der Waals surface area (Å²) >= 11 is 0. The van der Waals surface area contributed by atoms with Gasteiger partial charge in [0.05, 0.1) is 0 Å². The molecule has 0 bridgehead atoms. The summed E-state index contributed by atoms with van der Waals surface area (Å²) in [5.41, 5.74) is -1.02. The first-order valence-electron chi connectivity index (χ1n) is 6.71. The van der Waals surface area contributed by atoms with Crippen molar-refractivity contribution in [2.75, 3.05) is 0 Å². The standard InChI is InChI=1S/C17H14F2O2/c1-2-17(20,12-6-4-7-13(18)10-12)15-9-11-5-3-8-14(19)16(11)21-15/h3-10,20H,2H2,1H3. The second-order valence-electron chi connectivity index (χ2n) is 4.99. The van der Waals surface area contributed by atoms with Gasteiger partial charge in [-0.05, 0) is 36.2 Å². The third kappa shape index (κ3) is 2.21. The van der Waals surface area contributed by atoms with E-state index >= 15 is 0 Å². The molecule has 0 aliphatic rings. The Morgan fingerprint density at radius 1 is 1.10 bits per heavy atom. The SMILES string of the molecule is CCC(O)(c1cccc(F)c1)c1cc2cccc(F)c2o1. The minimum absolute atomic E-state index is 0.0933. The van der Waals surface area contributed by atoms with Crippen molar-refractivity contribution < 1.29 is 18.3 Å². The van der Waals surface area contributed by atoms with Crippen molar-refractivity contribution in [2.24, 2.45) is 0 Å². The Balaban J connectivity index is 2.19. The molecule has 0 aliphatic carbocycles. The number of para-hydroxylation sites is 1. The van der Waals surface area contributed by atoms with E-state index in [4.69, 9.17) is 4.42 Å². The number of aliphatic hydroxyl groups is 1. The fourth-order valence-corrected chi connectivity index (χ4v) is 2.50. The molecule has 1 aromatic heterocycles. The minimum atomic E-state index is -1.49. The van der Waals surface area contributed by atoms with E-state index in [2.05, 4.69) is 0 Å². The largest absolute Gasteiger partial charge is 0.455 e. The van der Waals surface area contributed by atoms with Gasteiger partial charge in [0, 0.05) is 5.39 Å². The number of fused-ring (bicyclic) bond motifs is 1. The van der Waals surface area contributed by atoms with E-state index in [9.17, 15) is 13.9 Å². The van der Waals surface area contributed by atoms with Crippen LogP contribution in [0.2, 0.25) is 0 Å². The van der Waals surface area contributed by atoms with Crippen LogP contribution in [0, 0.1) is 11.6 Å². The molecule has 21 heavy (non-hydrogen) atoms. The van der Waals surface area contributed by atoms with Gasteiger partial charge in [-0.1, -0.05) is 31.2 Å². The van der Waals surface area contributed by atoms with Gasteiger partial charge in [-0.25, -0.2) is 8.78 Å². The van der Waals surface area contributed by atoms with Crippen molar-refractivity contribution in [3.05, 3.63) is 71.5 Å². The second kappa shape index (κ2) is 4.97. The number of benzene rings is 2. The number of rotatable bonds is 3. The van der Waals surface area contributed by atoms with Crippen LogP contribution >= 0.6 is 0 Å². The molecule has 0 spiro atoms. The van der Waals surface area contributed by atoms with Gasteiger partial charge >= 0.3 is 0 Å². The van der Waals surface area contributed by atoms with E-state index in [1.165, 1.54) is 24.3 Å². The quantitative estimate of drug-likeness (QED) is 0.777. The summed E-state index contributed by atoms with van der Waals surface area (Å²) in [5, 5.41) is 11.5. The van der Waals surface area contributed by atoms with Gasteiger partial charge in [0.25, 0.3) is 0 Å². The molecule has 1 heterocycles. The summed E-state index contributed by atoms with van der Waals surface area (Å²) in [7, 11) is 0. The van der Waals surface area contributed by atoms with E-state index in [-0.39, 0.29) is 17.8 Å². The van der Waals surface area contributed by atoms with E-state index in [1.807, 2.05) is 0 Å². The molecule has 2 nitrogen and oxygen atoms in total. The van der Waals surface area contributed by atoms with Crippen molar-refractivity contribution in [1.82, 2.24) is 0 Å². The average Bonchev–Trinajstić information content (AvgIpc) is 2.92. The maximum Gasteiger partial charge on any atom is 0.170 e. The molecule has 4 heteroatoms. The summed E-state index contributed by atoms with van der Waals surface area (Å²) in [6.07, 6.45) is 0.276. The molecule has 108 valence electrons. The summed E-state index contributed by atoms with van der Waals surface area (Å²) < 4.78 is 32.6. The van der Waals surface area contributed by atoms with Gasteiger partial charge in [0.1, 0.15) is 17.2 Å². The molecular formula is C17H14F2O2. The number of halogens is 2. The van der Waals surface area contributed by atoms with Gasteiger partial charge in [0.15, 0.2) is 11.4 Å². The fourth-order valence-electron chi connectivity index (χ4n) is 2.50. The van der Waals surface area contributed by atoms with Crippen LogP contribution < -0.4 is 0 Å². The summed E-state index contributed by atoms with van der Waals surface area (Å²) in [6.45, 7) is 1.76. The average molecular weight is 288 g/mol. The van der Waals surface area contributed by atoms with Gasteiger partial charge in [-0.2, -0.15) is 0 Å². The van der Waals surface area contributed by atoms with Crippen molar-refractivity contribution in [1.29, 1.82) is 0 Å².